The van der Waals surface area contributed by atoms with Gasteiger partial charge in [-0.15, -0.1) is 0 Å². The van der Waals surface area contributed by atoms with E-state index in [9.17, 15) is 0 Å². The third-order valence-corrected chi connectivity index (χ3v) is 1.66. The van der Waals surface area contributed by atoms with Gasteiger partial charge < -0.3 is 15.4 Å². The Morgan fingerprint density at radius 3 is 2.20 bits per heavy atom. The van der Waals surface area contributed by atoms with Crippen LogP contribution in [0.4, 0.5) is 0 Å². The van der Waals surface area contributed by atoms with Crippen LogP contribution in [0.2, 0.25) is 0 Å². The van der Waals surface area contributed by atoms with Gasteiger partial charge >= 0.3 is 0 Å². The molecule has 0 aliphatic carbocycles. The van der Waals surface area contributed by atoms with Crippen LogP contribution in [0.15, 0.2) is 0 Å². The number of aliphatic hydroxyl groups is 2. The summed E-state index contributed by atoms with van der Waals surface area (Å²) in [5, 5.41) is 26.3. The average molecular weight is 149 g/mol. The van der Waals surface area contributed by atoms with Gasteiger partial charge in [0.2, 0.25) is 0 Å². The number of hydrogen-bond donors (Lipinski definition) is 4. The maximum absolute atomic E-state index is 9.12. The second kappa shape index (κ2) is 4.62. The first-order chi connectivity index (χ1) is 4.63. The van der Waals surface area contributed by atoms with Crippen LogP contribution in [-0.4, -0.2) is 27.8 Å². The fraction of sp³-hybridized carbons (Fsp3) is 1.00. The predicted molar refractivity (Wildman–Crippen MR) is 36.4 cm³/mol. The van der Waals surface area contributed by atoms with Crippen molar-refractivity contribution in [3.63, 3.8) is 0 Å². The van der Waals surface area contributed by atoms with Crippen molar-refractivity contribution in [2.45, 2.75) is 32.6 Å². The first-order valence-corrected chi connectivity index (χ1v) is 3.39. The Kier molecular flexibility index (Phi) is 4.55. The van der Waals surface area contributed by atoms with Crippen LogP contribution < -0.4 is 5.48 Å². The Labute approximate surface area is 60.5 Å². The molecule has 10 heavy (non-hydrogen) atoms. The molecule has 3 unspecified atom stereocenters. The van der Waals surface area contributed by atoms with Crippen molar-refractivity contribution in [3.8, 4) is 0 Å². The van der Waals surface area contributed by atoms with E-state index in [2.05, 4.69) is 0 Å². The average Bonchev–Trinajstić information content (AvgIpc) is 2.00. The first kappa shape index (κ1) is 9.84. The van der Waals surface area contributed by atoms with Crippen LogP contribution in [0.1, 0.15) is 20.3 Å². The zero-order valence-corrected chi connectivity index (χ0v) is 6.28. The third kappa shape index (κ3) is 2.62. The Bertz CT molecular complexity index is 79.1. The molecule has 62 valence electrons. The Hall–Kier alpha value is -0.160. The largest absolute Gasteiger partial charge is 0.393 e. The van der Waals surface area contributed by atoms with Gasteiger partial charge in [0.1, 0.15) is 6.23 Å². The molecule has 0 rings (SSSR count). The lowest BCUT2D eigenvalue weighted by atomic mass is 10.0. The van der Waals surface area contributed by atoms with E-state index in [4.69, 9.17) is 15.4 Å². The highest BCUT2D eigenvalue weighted by Crippen LogP contribution is 2.08. The zero-order valence-electron chi connectivity index (χ0n) is 6.28. The lowest BCUT2D eigenvalue weighted by Crippen LogP contribution is -2.38. The molecule has 4 nitrogen and oxygen atoms in total. The molecule has 0 aromatic carbocycles. The van der Waals surface area contributed by atoms with E-state index in [0.29, 0.717) is 6.42 Å². The topological polar surface area (TPSA) is 72.7 Å². The number of aliphatic hydroxyl groups excluding tert-OH is 2. The number of nitrogens with one attached hydrogen (secondary N) is 1. The molecule has 0 aromatic rings. The predicted octanol–water partition coefficient (Wildman–Crippen LogP) is -0.309. The number of hydrogen-bond acceptors (Lipinski definition) is 4. The van der Waals surface area contributed by atoms with Gasteiger partial charge in [0, 0.05) is 5.92 Å². The Balaban J connectivity index is 3.69. The van der Waals surface area contributed by atoms with E-state index in [1.807, 2.05) is 6.92 Å². The van der Waals surface area contributed by atoms with Crippen LogP contribution in [-0.2, 0) is 0 Å². The fourth-order valence-corrected chi connectivity index (χ4v) is 0.700. The van der Waals surface area contributed by atoms with Gasteiger partial charge in [-0.2, -0.15) is 5.48 Å². The van der Waals surface area contributed by atoms with Gasteiger partial charge in [-0.05, 0) is 6.42 Å². The van der Waals surface area contributed by atoms with Crippen molar-refractivity contribution in [2.24, 2.45) is 5.92 Å². The summed E-state index contributed by atoms with van der Waals surface area (Å²) in [5.74, 6) is -0.352. The summed E-state index contributed by atoms with van der Waals surface area (Å²) in [7, 11) is 0. The van der Waals surface area contributed by atoms with Crippen LogP contribution in [0.5, 0.6) is 0 Å². The van der Waals surface area contributed by atoms with E-state index in [0.717, 1.165) is 0 Å². The van der Waals surface area contributed by atoms with Crippen molar-refractivity contribution < 1.29 is 15.4 Å². The number of hydroxylamine groups is 1. The molecule has 0 aromatic heterocycles. The highest BCUT2D eigenvalue weighted by molar-refractivity contribution is 4.66. The SMILES string of the molecule is CCC(O)C(C)C(O)NO. The molecule has 0 aliphatic rings. The smallest absolute Gasteiger partial charge is 0.131 e. The van der Waals surface area contributed by atoms with Gasteiger partial charge in [-0.3, -0.25) is 0 Å². The van der Waals surface area contributed by atoms with E-state index in [-0.39, 0.29) is 5.92 Å². The van der Waals surface area contributed by atoms with Crippen molar-refractivity contribution in [1.82, 2.24) is 5.48 Å². The molecule has 4 N–H and O–H groups in total. The minimum atomic E-state index is -1.05. The third-order valence-electron chi connectivity index (χ3n) is 1.66. The summed E-state index contributed by atoms with van der Waals surface area (Å²) < 4.78 is 0. The minimum Gasteiger partial charge on any atom is -0.393 e. The highest BCUT2D eigenvalue weighted by Gasteiger charge is 2.19. The van der Waals surface area contributed by atoms with Gasteiger partial charge in [0.15, 0.2) is 0 Å². The first-order valence-electron chi connectivity index (χ1n) is 3.39. The zero-order chi connectivity index (χ0) is 8.15. The fourth-order valence-electron chi connectivity index (χ4n) is 0.700. The van der Waals surface area contributed by atoms with Gasteiger partial charge in [0.25, 0.3) is 0 Å². The molecule has 0 bridgehead atoms. The summed E-state index contributed by atoms with van der Waals surface area (Å²) >= 11 is 0. The summed E-state index contributed by atoms with van der Waals surface area (Å²) in [4.78, 5) is 0. The van der Waals surface area contributed by atoms with E-state index >= 15 is 0 Å². The maximum Gasteiger partial charge on any atom is 0.131 e. The molecule has 0 heterocycles. The molecular weight excluding hydrogens is 134 g/mol. The summed E-state index contributed by atoms with van der Waals surface area (Å²) in [6.07, 6.45) is -1.05. The van der Waals surface area contributed by atoms with Gasteiger partial charge in [-0.25, -0.2) is 0 Å². The van der Waals surface area contributed by atoms with Crippen molar-refractivity contribution >= 4 is 0 Å². The normalized spacial score (nSPS) is 20.1. The lowest BCUT2D eigenvalue weighted by molar-refractivity contribution is -0.0653. The summed E-state index contributed by atoms with van der Waals surface area (Å²) in [6, 6.07) is 0. The summed E-state index contributed by atoms with van der Waals surface area (Å²) in [5.41, 5.74) is 1.68. The van der Waals surface area contributed by atoms with Crippen LogP contribution >= 0.6 is 0 Å². The van der Waals surface area contributed by atoms with Gasteiger partial charge in [-0.1, -0.05) is 13.8 Å². The second-order valence-electron chi connectivity index (χ2n) is 2.41. The van der Waals surface area contributed by atoms with E-state index < -0.39 is 12.3 Å². The summed E-state index contributed by atoms with van der Waals surface area (Å²) in [6.45, 7) is 3.47. The molecule has 0 fully saturated rings. The molecule has 0 saturated carbocycles. The molecule has 0 spiro atoms. The van der Waals surface area contributed by atoms with E-state index in [1.54, 1.807) is 12.4 Å². The molecule has 3 atom stereocenters. The molecule has 0 amide bonds. The van der Waals surface area contributed by atoms with Crippen molar-refractivity contribution in [1.29, 1.82) is 0 Å². The van der Waals surface area contributed by atoms with Crippen LogP contribution in [0.3, 0.4) is 0 Å². The van der Waals surface area contributed by atoms with Crippen LogP contribution in [0.25, 0.3) is 0 Å². The second-order valence-corrected chi connectivity index (χ2v) is 2.41. The maximum atomic E-state index is 9.12. The molecule has 0 radical (unpaired) electrons. The highest BCUT2D eigenvalue weighted by atomic mass is 16.5. The number of rotatable bonds is 4. The molecule has 4 heteroatoms. The van der Waals surface area contributed by atoms with Crippen LogP contribution in [0, 0.1) is 5.92 Å². The van der Waals surface area contributed by atoms with Crippen molar-refractivity contribution in [3.05, 3.63) is 0 Å². The molecule has 0 saturated heterocycles. The molecule has 0 aliphatic heterocycles. The van der Waals surface area contributed by atoms with Crippen molar-refractivity contribution in [2.75, 3.05) is 0 Å². The standard InChI is InChI=1S/C6H15NO3/c1-3-5(8)4(2)6(9)7-10/h4-10H,3H2,1-2H3. The molecular formula is C6H15NO3. The Morgan fingerprint density at radius 2 is 1.90 bits per heavy atom. The minimum absolute atomic E-state index is 0.352. The quantitative estimate of drug-likeness (QED) is 0.327. The van der Waals surface area contributed by atoms with Gasteiger partial charge in [0.05, 0.1) is 6.10 Å². The monoisotopic (exact) mass is 149 g/mol. The Morgan fingerprint density at radius 1 is 1.40 bits per heavy atom. The van der Waals surface area contributed by atoms with E-state index in [1.165, 1.54) is 0 Å². The lowest BCUT2D eigenvalue weighted by Gasteiger charge is -2.21.